The molecule has 1 atom stereocenters. The highest BCUT2D eigenvalue weighted by Crippen LogP contribution is 2.71. The van der Waals surface area contributed by atoms with Gasteiger partial charge in [0.2, 0.25) is 0 Å². The minimum atomic E-state index is -4.70. The van der Waals surface area contributed by atoms with Gasteiger partial charge in [0.15, 0.2) is 0 Å². The molecule has 0 aliphatic heterocycles. The molecule has 0 nitrogen and oxygen atoms in total. The van der Waals surface area contributed by atoms with Crippen LogP contribution in [0, 0.1) is 0 Å². The van der Waals surface area contributed by atoms with E-state index in [1.54, 1.807) is 42.5 Å². The summed E-state index contributed by atoms with van der Waals surface area (Å²) in [6.07, 6.45) is -9.28. The molecule has 35 heavy (non-hydrogen) atoms. The maximum atomic E-state index is 14.9. The molecular weight excluding hydrogens is 462 g/mol. The van der Waals surface area contributed by atoms with Crippen molar-refractivity contribution in [3.05, 3.63) is 131 Å². The number of alkyl halides is 6. The van der Waals surface area contributed by atoms with E-state index in [0.29, 0.717) is 5.56 Å². The lowest BCUT2D eigenvalue weighted by molar-refractivity contribution is -0.149. The molecule has 0 spiro atoms. The number of hydrogen-bond donors (Lipinski definition) is 0. The average Bonchev–Trinajstić information content (AvgIpc) is 3.57. The first-order chi connectivity index (χ1) is 16.6. The molecule has 1 aliphatic rings. The second kappa shape index (κ2) is 8.15. The van der Waals surface area contributed by atoms with Gasteiger partial charge in [0, 0.05) is 0 Å². The quantitative estimate of drug-likeness (QED) is 0.256. The molecule has 0 amide bonds. The Labute approximate surface area is 198 Å². The molecule has 176 valence electrons. The molecule has 0 N–H and O–H groups in total. The Kier molecular flexibility index (Phi) is 5.35. The van der Waals surface area contributed by atoms with Gasteiger partial charge < -0.3 is 0 Å². The summed E-state index contributed by atoms with van der Waals surface area (Å²) in [4.78, 5) is 0. The van der Waals surface area contributed by atoms with Crippen LogP contribution in [0.15, 0.2) is 109 Å². The molecule has 1 aliphatic carbocycles. The molecule has 4 aromatic carbocycles. The molecule has 1 unspecified atom stereocenters. The monoisotopic (exact) mass is 480 g/mol. The Bertz CT molecular complexity index is 1360. The number of allylic oxidation sites excluding steroid dienone is 2. The Morgan fingerprint density at radius 1 is 0.429 bits per heavy atom. The van der Waals surface area contributed by atoms with E-state index in [0.717, 1.165) is 35.4 Å². The third-order valence-corrected chi connectivity index (χ3v) is 6.35. The summed E-state index contributed by atoms with van der Waals surface area (Å²) in [5.41, 5.74) is -1.14. The predicted octanol–water partition coefficient (Wildman–Crippen LogP) is 8.80. The summed E-state index contributed by atoms with van der Waals surface area (Å²) < 4.78 is 84.0. The van der Waals surface area contributed by atoms with E-state index >= 15 is 0 Å². The second-order valence-corrected chi connectivity index (χ2v) is 8.38. The van der Waals surface area contributed by atoms with Crippen molar-refractivity contribution in [3.63, 3.8) is 0 Å². The van der Waals surface area contributed by atoms with Crippen LogP contribution >= 0.6 is 0 Å². The van der Waals surface area contributed by atoms with Crippen molar-refractivity contribution < 1.29 is 26.3 Å². The van der Waals surface area contributed by atoms with Crippen LogP contribution < -0.4 is 0 Å². The summed E-state index contributed by atoms with van der Waals surface area (Å²) in [5, 5.41) is 0. The summed E-state index contributed by atoms with van der Waals surface area (Å²) in [7, 11) is 0. The van der Waals surface area contributed by atoms with Crippen LogP contribution in [-0.4, -0.2) is 6.18 Å². The summed E-state index contributed by atoms with van der Waals surface area (Å²) in [5.74, 6) is 0. The molecule has 0 bridgehead atoms. The Morgan fingerprint density at radius 2 is 0.829 bits per heavy atom. The fourth-order valence-electron chi connectivity index (χ4n) is 4.71. The minimum Gasteiger partial charge on any atom is -0.169 e. The van der Waals surface area contributed by atoms with E-state index in [1.165, 1.54) is 12.1 Å². The fourth-order valence-corrected chi connectivity index (χ4v) is 4.71. The summed E-state index contributed by atoms with van der Waals surface area (Å²) >= 11 is 0. The maximum absolute atomic E-state index is 14.9. The first-order valence-electron chi connectivity index (χ1n) is 10.8. The molecule has 6 heteroatoms. The van der Waals surface area contributed by atoms with Gasteiger partial charge in [0.05, 0.1) is 5.56 Å². The molecule has 0 fully saturated rings. The van der Waals surface area contributed by atoms with Gasteiger partial charge in [-0.3, -0.25) is 0 Å². The largest absolute Gasteiger partial charge is 0.416 e. The topological polar surface area (TPSA) is 0 Å². The molecule has 0 saturated heterocycles. The number of benzene rings is 4. The minimum absolute atomic E-state index is 0.0263. The predicted molar refractivity (Wildman–Crippen MR) is 124 cm³/mol. The molecule has 5 rings (SSSR count). The smallest absolute Gasteiger partial charge is 0.169 e. The van der Waals surface area contributed by atoms with Gasteiger partial charge in [-0.15, -0.1) is 0 Å². The fraction of sp³-hybridized carbons (Fsp3) is 0.103. The third-order valence-electron chi connectivity index (χ3n) is 6.35. The molecule has 0 radical (unpaired) electrons. The number of halogens is 6. The zero-order chi connectivity index (χ0) is 24.8. The number of hydrogen-bond acceptors (Lipinski definition) is 0. The third kappa shape index (κ3) is 3.83. The van der Waals surface area contributed by atoms with Crippen molar-refractivity contribution in [2.24, 2.45) is 0 Å². The Morgan fingerprint density at radius 3 is 1.29 bits per heavy atom. The molecule has 4 aromatic rings. The van der Waals surface area contributed by atoms with E-state index in [4.69, 9.17) is 0 Å². The van der Waals surface area contributed by atoms with Crippen LogP contribution in [0.25, 0.3) is 22.3 Å². The van der Waals surface area contributed by atoms with Gasteiger partial charge in [-0.05, 0) is 51.1 Å². The van der Waals surface area contributed by atoms with E-state index in [1.807, 2.05) is 30.3 Å². The van der Waals surface area contributed by atoms with Crippen molar-refractivity contribution in [2.75, 3.05) is 0 Å². The van der Waals surface area contributed by atoms with Crippen LogP contribution in [0.5, 0.6) is 0 Å². The summed E-state index contributed by atoms with van der Waals surface area (Å²) in [6, 6.07) is 27.5. The van der Waals surface area contributed by atoms with Crippen LogP contribution in [0.1, 0.15) is 22.3 Å². The van der Waals surface area contributed by atoms with Crippen molar-refractivity contribution >= 4 is 11.1 Å². The lowest BCUT2D eigenvalue weighted by atomic mass is 9.83. The van der Waals surface area contributed by atoms with E-state index in [9.17, 15) is 26.3 Å². The molecule has 0 saturated carbocycles. The number of rotatable bonds is 4. The zero-order valence-corrected chi connectivity index (χ0v) is 18.2. The van der Waals surface area contributed by atoms with Crippen LogP contribution in [-0.2, 0) is 11.6 Å². The van der Waals surface area contributed by atoms with Crippen molar-refractivity contribution in [3.8, 4) is 11.1 Å². The lowest BCUT2D eigenvalue weighted by Gasteiger charge is -2.25. The van der Waals surface area contributed by atoms with Crippen molar-refractivity contribution in [1.82, 2.24) is 0 Å². The van der Waals surface area contributed by atoms with Gasteiger partial charge in [0.1, 0.15) is 5.41 Å². The Balaban J connectivity index is 1.66. The van der Waals surface area contributed by atoms with Crippen LogP contribution in [0.3, 0.4) is 0 Å². The Hall–Kier alpha value is -3.80. The standard InChI is InChI=1S/C29H18F6/c30-28(31,32)24-17-13-22(14-18-24)26-25(21-9-5-2-6-10-21)27(26,29(33,34)35)23-15-11-20(12-16-23)19-7-3-1-4-8-19/h1-18H. The molecular formula is C29H18F6. The zero-order valence-electron chi connectivity index (χ0n) is 18.2. The van der Waals surface area contributed by atoms with E-state index in [2.05, 4.69) is 0 Å². The highest BCUT2D eigenvalue weighted by molar-refractivity contribution is 6.20. The SMILES string of the molecule is FC(F)(F)c1ccc(C2=C(c3ccccc3)C2(c2ccc(-c3ccccc3)cc2)C(F)(F)F)cc1. The first kappa shape index (κ1) is 23.0. The second-order valence-electron chi connectivity index (χ2n) is 8.38. The van der Waals surface area contributed by atoms with Gasteiger partial charge >= 0.3 is 12.4 Å². The van der Waals surface area contributed by atoms with Gasteiger partial charge in [-0.2, -0.15) is 26.3 Å². The van der Waals surface area contributed by atoms with E-state index < -0.39 is 23.3 Å². The lowest BCUT2D eigenvalue weighted by Crippen LogP contribution is -2.33. The molecule has 0 aromatic heterocycles. The average molecular weight is 480 g/mol. The van der Waals surface area contributed by atoms with Crippen molar-refractivity contribution in [2.45, 2.75) is 17.8 Å². The van der Waals surface area contributed by atoms with Gasteiger partial charge in [-0.25, -0.2) is 0 Å². The highest BCUT2D eigenvalue weighted by atomic mass is 19.4. The summed E-state index contributed by atoms with van der Waals surface area (Å²) in [6.45, 7) is 0. The van der Waals surface area contributed by atoms with Gasteiger partial charge in [0.25, 0.3) is 0 Å². The van der Waals surface area contributed by atoms with Crippen LogP contribution in [0.2, 0.25) is 0 Å². The first-order valence-corrected chi connectivity index (χ1v) is 10.8. The van der Waals surface area contributed by atoms with Crippen LogP contribution in [0.4, 0.5) is 26.3 Å². The molecule has 0 heterocycles. The van der Waals surface area contributed by atoms with Gasteiger partial charge in [-0.1, -0.05) is 97.1 Å². The van der Waals surface area contributed by atoms with Crippen molar-refractivity contribution in [1.29, 1.82) is 0 Å². The normalized spacial score (nSPS) is 18.0. The van der Waals surface area contributed by atoms with E-state index in [-0.39, 0.29) is 22.3 Å². The maximum Gasteiger partial charge on any atom is 0.416 e. The highest BCUT2D eigenvalue weighted by Gasteiger charge is 2.71.